The predicted octanol–water partition coefficient (Wildman–Crippen LogP) is 2.74. The number of ether oxygens (including phenoxy) is 2. The van der Waals surface area contributed by atoms with Gasteiger partial charge in [0.05, 0.1) is 6.54 Å². The number of hydrogen-bond donors (Lipinski definition) is 2. The lowest BCUT2D eigenvalue weighted by molar-refractivity contribution is 0.143. The van der Waals surface area contributed by atoms with Crippen LogP contribution in [0, 0.1) is 6.92 Å². The third-order valence-corrected chi connectivity index (χ3v) is 3.32. The number of aryl methyl sites for hydroxylation is 1. The molecule has 1 rings (SSSR count). The minimum atomic E-state index is 0.0632. The highest BCUT2D eigenvalue weighted by molar-refractivity contribution is 5.79. The van der Waals surface area contributed by atoms with Crippen LogP contribution in [0.1, 0.15) is 32.3 Å². The Hall–Kier alpha value is -1.75. The van der Waals surface area contributed by atoms with Gasteiger partial charge in [-0.1, -0.05) is 12.1 Å². The quantitative estimate of drug-likeness (QED) is 0.395. The number of benzene rings is 1. The number of nitrogens with one attached hydrogen (secondary N) is 2. The number of unbranched alkanes of at least 4 members (excludes halogenated alkanes) is 1. The third kappa shape index (κ3) is 9.08. The minimum absolute atomic E-state index is 0.0632. The van der Waals surface area contributed by atoms with Crippen LogP contribution in [-0.2, 0) is 4.74 Å². The van der Waals surface area contributed by atoms with Crippen molar-refractivity contribution in [3.05, 3.63) is 29.8 Å². The Balaban J connectivity index is 2.20. The zero-order chi connectivity index (χ0) is 16.9. The minimum Gasteiger partial charge on any atom is -0.489 e. The van der Waals surface area contributed by atoms with Gasteiger partial charge in [-0.2, -0.15) is 0 Å². The molecule has 0 aliphatic carbocycles. The van der Waals surface area contributed by atoms with Gasteiger partial charge in [0.1, 0.15) is 11.9 Å². The summed E-state index contributed by atoms with van der Waals surface area (Å²) in [6.45, 7) is 9.33. The average molecular weight is 321 g/mol. The Bertz CT molecular complexity index is 463. The molecule has 0 amide bonds. The van der Waals surface area contributed by atoms with Crippen molar-refractivity contribution in [3.63, 3.8) is 0 Å². The van der Waals surface area contributed by atoms with E-state index in [4.69, 9.17) is 9.47 Å². The summed E-state index contributed by atoms with van der Waals surface area (Å²) in [6.07, 6.45) is 2.19. The van der Waals surface area contributed by atoms with Crippen LogP contribution in [0.15, 0.2) is 29.3 Å². The van der Waals surface area contributed by atoms with Gasteiger partial charge in [-0.3, -0.25) is 4.99 Å². The van der Waals surface area contributed by atoms with E-state index in [1.54, 1.807) is 7.05 Å². The standard InChI is InChI=1S/C18H31N3O2/c1-5-22-12-7-6-11-20-18(19-4)21-14-16(3)23-17-10-8-9-15(2)13-17/h8-10,13,16H,5-7,11-12,14H2,1-4H3,(H2,19,20,21). The van der Waals surface area contributed by atoms with Gasteiger partial charge >= 0.3 is 0 Å². The Kier molecular flexibility index (Phi) is 9.87. The highest BCUT2D eigenvalue weighted by atomic mass is 16.5. The van der Waals surface area contributed by atoms with Crippen molar-refractivity contribution in [1.82, 2.24) is 10.6 Å². The normalized spacial score (nSPS) is 12.8. The van der Waals surface area contributed by atoms with Crippen LogP contribution < -0.4 is 15.4 Å². The summed E-state index contributed by atoms with van der Waals surface area (Å²) in [6, 6.07) is 8.09. The van der Waals surface area contributed by atoms with Crippen molar-refractivity contribution in [2.75, 3.05) is 33.4 Å². The zero-order valence-corrected chi connectivity index (χ0v) is 14.9. The Morgan fingerprint density at radius 3 is 2.78 bits per heavy atom. The molecule has 0 saturated heterocycles. The van der Waals surface area contributed by atoms with Crippen LogP contribution in [0.4, 0.5) is 0 Å². The molecule has 0 fully saturated rings. The summed E-state index contributed by atoms with van der Waals surface area (Å²) in [5.41, 5.74) is 1.20. The maximum atomic E-state index is 5.90. The van der Waals surface area contributed by atoms with Crippen molar-refractivity contribution in [2.24, 2.45) is 4.99 Å². The molecule has 0 saturated carbocycles. The number of hydrogen-bond acceptors (Lipinski definition) is 3. The molecule has 0 heterocycles. The van der Waals surface area contributed by atoms with E-state index in [0.29, 0.717) is 6.54 Å². The fraction of sp³-hybridized carbons (Fsp3) is 0.611. The van der Waals surface area contributed by atoms with E-state index in [2.05, 4.69) is 28.6 Å². The number of guanidine groups is 1. The van der Waals surface area contributed by atoms with Gasteiger partial charge in [0.25, 0.3) is 0 Å². The van der Waals surface area contributed by atoms with Crippen molar-refractivity contribution in [2.45, 2.75) is 39.7 Å². The smallest absolute Gasteiger partial charge is 0.191 e. The van der Waals surface area contributed by atoms with Crippen LogP contribution in [0.2, 0.25) is 0 Å². The molecule has 2 N–H and O–H groups in total. The van der Waals surface area contributed by atoms with E-state index in [-0.39, 0.29) is 6.10 Å². The molecule has 0 aliphatic rings. The van der Waals surface area contributed by atoms with Gasteiger partial charge < -0.3 is 20.1 Å². The first-order valence-electron chi connectivity index (χ1n) is 8.41. The molecule has 23 heavy (non-hydrogen) atoms. The van der Waals surface area contributed by atoms with Gasteiger partial charge in [-0.25, -0.2) is 0 Å². The zero-order valence-electron chi connectivity index (χ0n) is 14.9. The summed E-state index contributed by atoms with van der Waals surface area (Å²) in [5.74, 6) is 1.71. The molecule has 1 atom stereocenters. The molecule has 0 spiro atoms. The monoisotopic (exact) mass is 321 g/mol. The molecule has 0 bridgehead atoms. The second-order valence-corrected chi connectivity index (χ2v) is 5.53. The molecule has 5 nitrogen and oxygen atoms in total. The SMILES string of the molecule is CCOCCCCNC(=NC)NCC(C)Oc1cccc(C)c1. The molecular formula is C18H31N3O2. The first-order valence-corrected chi connectivity index (χ1v) is 8.41. The fourth-order valence-electron chi connectivity index (χ4n) is 2.10. The van der Waals surface area contributed by atoms with Crippen LogP contribution in [0.25, 0.3) is 0 Å². The molecule has 0 aromatic heterocycles. The molecule has 0 radical (unpaired) electrons. The predicted molar refractivity (Wildman–Crippen MR) is 96.4 cm³/mol. The molecule has 1 aromatic rings. The molecule has 1 unspecified atom stereocenters. The maximum absolute atomic E-state index is 5.90. The first-order chi connectivity index (χ1) is 11.2. The van der Waals surface area contributed by atoms with E-state index in [1.165, 1.54) is 5.56 Å². The molecule has 0 aliphatic heterocycles. The van der Waals surface area contributed by atoms with Gasteiger partial charge in [0.15, 0.2) is 5.96 Å². The molecule has 130 valence electrons. The first kappa shape index (κ1) is 19.3. The lowest BCUT2D eigenvalue weighted by atomic mass is 10.2. The van der Waals surface area contributed by atoms with Crippen molar-refractivity contribution in [1.29, 1.82) is 0 Å². The van der Waals surface area contributed by atoms with E-state index >= 15 is 0 Å². The third-order valence-electron chi connectivity index (χ3n) is 3.32. The van der Waals surface area contributed by atoms with E-state index < -0.39 is 0 Å². The van der Waals surface area contributed by atoms with Crippen LogP contribution in [0.3, 0.4) is 0 Å². The summed E-state index contributed by atoms with van der Waals surface area (Å²) in [4.78, 5) is 4.22. The second kappa shape index (κ2) is 11.8. The highest BCUT2D eigenvalue weighted by Crippen LogP contribution is 2.13. The summed E-state index contributed by atoms with van der Waals surface area (Å²) in [5, 5.41) is 6.59. The van der Waals surface area contributed by atoms with Crippen LogP contribution in [-0.4, -0.2) is 45.4 Å². The van der Waals surface area contributed by atoms with Crippen molar-refractivity contribution in [3.8, 4) is 5.75 Å². The number of rotatable bonds is 10. The van der Waals surface area contributed by atoms with Gasteiger partial charge in [0.2, 0.25) is 0 Å². The van der Waals surface area contributed by atoms with E-state index in [0.717, 1.165) is 44.3 Å². The molecular weight excluding hydrogens is 290 g/mol. The number of aliphatic imine (C=N–C) groups is 1. The second-order valence-electron chi connectivity index (χ2n) is 5.53. The maximum Gasteiger partial charge on any atom is 0.191 e. The van der Waals surface area contributed by atoms with E-state index in [9.17, 15) is 0 Å². The Morgan fingerprint density at radius 2 is 2.09 bits per heavy atom. The lowest BCUT2D eigenvalue weighted by Gasteiger charge is -2.18. The van der Waals surface area contributed by atoms with Gasteiger partial charge in [-0.05, 0) is 51.3 Å². The van der Waals surface area contributed by atoms with Gasteiger partial charge in [-0.15, -0.1) is 0 Å². The largest absolute Gasteiger partial charge is 0.489 e. The van der Waals surface area contributed by atoms with Crippen molar-refractivity contribution >= 4 is 5.96 Å². The average Bonchev–Trinajstić information content (AvgIpc) is 2.53. The number of nitrogens with zero attached hydrogens (tertiary/aromatic N) is 1. The molecule has 1 aromatic carbocycles. The van der Waals surface area contributed by atoms with Crippen molar-refractivity contribution < 1.29 is 9.47 Å². The van der Waals surface area contributed by atoms with Crippen LogP contribution >= 0.6 is 0 Å². The van der Waals surface area contributed by atoms with Crippen LogP contribution in [0.5, 0.6) is 5.75 Å². The molecule has 5 heteroatoms. The van der Waals surface area contributed by atoms with E-state index in [1.807, 2.05) is 32.0 Å². The summed E-state index contributed by atoms with van der Waals surface area (Å²) < 4.78 is 11.2. The highest BCUT2D eigenvalue weighted by Gasteiger charge is 2.05. The Labute approximate surface area is 140 Å². The summed E-state index contributed by atoms with van der Waals surface area (Å²) >= 11 is 0. The van der Waals surface area contributed by atoms with Gasteiger partial charge in [0, 0.05) is 26.8 Å². The fourth-order valence-corrected chi connectivity index (χ4v) is 2.10. The Morgan fingerprint density at radius 1 is 1.26 bits per heavy atom. The lowest BCUT2D eigenvalue weighted by Crippen LogP contribution is -2.42. The topological polar surface area (TPSA) is 54.9 Å². The summed E-state index contributed by atoms with van der Waals surface area (Å²) in [7, 11) is 1.78.